The summed E-state index contributed by atoms with van der Waals surface area (Å²) in [4.78, 5) is 13.8. The first-order valence-corrected chi connectivity index (χ1v) is 6.39. The van der Waals surface area contributed by atoms with E-state index < -0.39 is 0 Å². The van der Waals surface area contributed by atoms with Crippen molar-refractivity contribution in [3.8, 4) is 0 Å². The smallest absolute Gasteiger partial charge is 0.244 e. The first-order valence-electron chi connectivity index (χ1n) is 6.39. The molecule has 6 heteroatoms. The van der Waals surface area contributed by atoms with E-state index in [1.807, 2.05) is 6.92 Å². The van der Waals surface area contributed by atoms with Gasteiger partial charge in [0.2, 0.25) is 5.91 Å². The van der Waals surface area contributed by atoms with Gasteiger partial charge >= 0.3 is 0 Å². The molecule has 1 amide bonds. The summed E-state index contributed by atoms with van der Waals surface area (Å²) in [6.45, 7) is 2.94. The Morgan fingerprint density at radius 1 is 1.45 bits per heavy atom. The topological polar surface area (TPSA) is 64.2 Å². The number of nitrogens with two attached hydrogens (primary N) is 1. The predicted octanol–water partition coefficient (Wildman–Crippen LogP) is 1.65. The molecule has 0 aliphatic rings. The lowest BCUT2D eigenvalue weighted by molar-refractivity contribution is -0.132. The van der Waals surface area contributed by atoms with Gasteiger partial charge in [-0.25, -0.2) is 4.39 Å². The van der Waals surface area contributed by atoms with Crippen LogP contribution in [0.1, 0.15) is 12.5 Å². The molecule has 0 spiro atoms. The van der Waals surface area contributed by atoms with Gasteiger partial charge in [-0.2, -0.15) is 5.10 Å². The fourth-order valence-corrected chi connectivity index (χ4v) is 1.94. The highest BCUT2D eigenvalue weighted by molar-refractivity contribution is 5.75. The van der Waals surface area contributed by atoms with E-state index in [2.05, 4.69) is 5.10 Å². The first kappa shape index (κ1) is 14.0. The van der Waals surface area contributed by atoms with Gasteiger partial charge in [-0.05, 0) is 30.7 Å². The lowest BCUT2D eigenvalue weighted by Crippen LogP contribution is -2.33. The number of carbonyl (C=O) groups excluding carboxylic acids is 1. The largest absolute Gasteiger partial charge is 0.382 e. The summed E-state index contributed by atoms with van der Waals surface area (Å²) < 4.78 is 14.6. The number of anilines is 1. The third-order valence-electron chi connectivity index (χ3n) is 2.96. The van der Waals surface area contributed by atoms with Crippen LogP contribution in [-0.2, 0) is 17.9 Å². The maximum atomic E-state index is 13.1. The molecule has 0 bridgehead atoms. The molecule has 2 N–H and O–H groups in total. The van der Waals surface area contributed by atoms with Gasteiger partial charge in [0.25, 0.3) is 0 Å². The van der Waals surface area contributed by atoms with Gasteiger partial charge in [0, 0.05) is 19.3 Å². The van der Waals surface area contributed by atoms with Crippen molar-refractivity contribution >= 4 is 11.7 Å². The second-order valence-electron chi connectivity index (χ2n) is 4.48. The van der Waals surface area contributed by atoms with Crippen LogP contribution in [0.3, 0.4) is 0 Å². The highest BCUT2D eigenvalue weighted by atomic mass is 19.1. The van der Waals surface area contributed by atoms with Crippen LogP contribution in [0, 0.1) is 5.82 Å². The summed E-state index contributed by atoms with van der Waals surface area (Å²) in [7, 11) is 0. The fraction of sp³-hybridized carbons (Fsp3) is 0.286. The zero-order chi connectivity index (χ0) is 14.5. The van der Waals surface area contributed by atoms with Crippen molar-refractivity contribution in [3.63, 3.8) is 0 Å². The van der Waals surface area contributed by atoms with Crippen LogP contribution in [0.25, 0.3) is 0 Å². The predicted molar refractivity (Wildman–Crippen MR) is 74.1 cm³/mol. The molecule has 2 rings (SSSR count). The number of halogens is 1. The quantitative estimate of drug-likeness (QED) is 0.903. The lowest BCUT2D eigenvalue weighted by atomic mass is 10.2. The molecular formula is C14H17FN4O. The number of benzene rings is 1. The minimum atomic E-state index is -0.300. The van der Waals surface area contributed by atoms with Crippen LogP contribution in [0.15, 0.2) is 36.5 Å². The number of hydrogen-bond donors (Lipinski definition) is 1. The molecule has 0 aliphatic carbocycles. The number of aromatic nitrogens is 2. The van der Waals surface area contributed by atoms with Gasteiger partial charge in [0.1, 0.15) is 18.2 Å². The third-order valence-corrected chi connectivity index (χ3v) is 2.96. The van der Waals surface area contributed by atoms with Gasteiger partial charge in [-0.1, -0.05) is 12.1 Å². The number of rotatable bonds is 5. The summed E-state index contributed by atoms with van der Waals surface area (Å²) in [5.41, 5.74) is 6.27. The van der Waals surface area contributed by atoms with Crippen LogP contribution in [0.2, 0.25) is 0 Å². The van der Waals surface area contributed by atoms with Crippen LogP contribution in [0.5, 0.6) is 0 Å². The van der Waals surface area contributed by atoms with Crippen molar-refractivity contribution in [2.24, 2.45) is 0 Å². The highest BCUT2D eigenvalue weighted by Crippen LogP contribution is 2.08. The summed E-state index contributed by atoms with van der Waals surface area (Å²) in [5, 5.41) is 3.98. The van der Waals surface area contributed by atoms with E-state index in [9.17, 15) is 9.18 Å². The second kappa shape index (κ2) is 6.18. The van der Waals surface area contributed by atoms with Crippen LogP contribution in [0.4, 0.5) is 10.2 Å². The van der Waals surface area contributed by atoms with Crippen LogP contribution in [-0.4, -0.2) is 27.1 Å². The Hall–Kier alpha value is -2.37. The van der Waals surface area contributed by atoms with Crippen molar-refractivity contribution in [1.29, 1.82) is 0 Å². The minimum Gasteiger partial charge on any atom is -0.382 e. The van der Waals surface area contributed by atoms with Gasteiger partial charge in [0.05, 0.1) is 0 Å². The molecule has 106 valence electrons. The summed E-state index contributed by atoms with van der Waals surface area (Å²) >= 11 is 0. The van der Waals surface area contributed by atoms with E-state index in [1.165, 1.54) is 16.8 Å². The Morgan fingerprint density at radius 2 is 2.25 bits per heavy atom. The molecule has 5 nitrogen and oxygen atoms in total. The monoisotopic (exact) mass is 276 g/mol. The minimum absolute atomic E-state index is 0.0835. The van der Waals surface area contributed by atoms with Gasteiger partial charge < -0.3 is 10.6 Å². The zero-order valence-electron chi connectivity index (χ0n) is 11.3. The molecule has 0 unspecified atom stereocenters. The summed E-state index contributed by atoms with van der Waals surface area (Å²) in [5.74, 6) is -0.00306. The van der Waals surface area contributed by atoms with Gasteiger partial charge in [0.15, 0.2) is 0 Å². The van der Waals surface area contributed by atoms with E-state index >= 15 is 0 Å². The van der Waals surface area contributed by atoms with E-state index in [0.717, 1.165) is 5.56 Å². The van der Waals surface area contributed by atoms with Crippen molar-refractivity contribution in [2.75, 3.05) is 12.3 Å². The molecule has 0 fully saturated rings. The van der Waals surface area contributed by atoms with Crippen LogP contribution < -0.4 is 5.73 Å². The van der Waals surface area contributed by atoms with E-state index in [4.69, 9.17) is 5.73 Å². The van der Waals surface area contributed by atoms with Gasteiger partial charge in [-0.15, -0.1) is 0 Å². The second-order valence-corrected chi connectivity index (χ2v) is 4.48. The molecule has 2 aromatic rings. The van der Waals surface area contributed by atoms with Crippen LogP contribution >= 0.6 is 0 Å². The lowest BCUT2D eigenvalue weighted by Gasteiger charge is -2.21. The average Bonchev–Trinajstić information content (AvgIpc) is 2.81. The van der Waals surface area contributed by atoms with Crippen molar-refractivity contribution in [2.45, 2.75) is 20.0 Å². The fourth-order valence-electron chi connectivity index (χ4n) is 1.94. The molecule has 1 aromatic carbocycles. The molecule has 0 saturated heterocycles. The van der Waals surface area contributed by atoms with Crippen molar-refractivity contribution in [1.82, 2.24) is 14.7 Å². The normalized spacial score (nSPS) is 10.5. The molecular weight excluding hydrogens is 259 g/mol. The zero-order valence-corrected chi connectivity index (χ0v) is 11.3. The molecule has 0 radical (unpaired) electrons. The maximum Gasteiger partial charge on any atom is 0.244 e. The Kier molecular flexibility index (Phi) is 4.34. The average molecular weight is 276 g/mol. The molecule has 20 heavy (non-hydrogen) atoms. The molecule has 1 aromatic heterocycles. The Morgan fingerprint density at radius 3 is 2.85 bits per heavy atom. The van der Waals surface area contributed by atoms with E-state index in [-0.39, 0.29) is 18.3 Å². The Bertz CT molecular complexity index is 596. The first-order chi connectivity index (χ1) is 9.58. The number of nitrogen functional groups attached to an aromatic ring is 1. The molecule has 1 heterocycles. The molecule has 0 saturated carbocycles. The summed E-state index contributed by atoms with van der Waals surface area (Å²) in [6.07, 6.45) is 1.66. The maximum absolute atomic E-state index is 13.1. The van der Waals surface area contributed by atoms with Crippen molar-refractivity contribution < 1.29 is 9.18 Å². The molecule has 0 atom stereocenters. The third kappa shape index (κ3) is 3.57. The number of likely N-dealkylation sites (N-methyl/N-ethyl adjacent to an activating group) is 1. The summed E-state index contributed by atoms with van der Waals surface area (Å²) in [6, 6.07) is 7.88. The Labute approximate surface area is 116 Å². The number of amides is 1. The number of hydrogen-bond acceptors (Lipinski definition) is 3. The number of carbonyl (C=O) groups is 1. The molecule has 0 aliphatic heterocycles. The van der Waals surface area contributed by atoms with E-state index in [0.29, 0.717) is 18.9 Å². The standard InChI is InChI=1S/C14H17FN4O/c1-2-18(9-11-4-3-5-12(15)8-11)14(20)10-19-7-6-13(16)17-19/h3-8H,2,9-10H2,1H3,(H2,16,17). The Balaban J connectivity index is 2.02. The number of nitrogens with zero attached hydrogens (tertiary/aromatic N) is 3. The van der Waals surface area contributed by atoms with Crippen molar-refractivity contribution in [3.05, 3.63) is 47.9 Å². The van der Waals surface area contributed by atoms with Gasteiger partial charge in [-0.3, -0.25) is 9.48 Å². The van der Waals surface area contributed by atoms with E-state index in [1.54, 1.807) is 29.3 Å². The SMILES string of the molecule is CCN(Cc1cccc(F)c1)C(=O)Cn1ccc(N)n1. The highest BCUT2D eigenvalue weighted by Gasteiger charge is 2.13.